The van der Waals surface area contributed by atoms with Gasteiger partial charge in [-0.05, 0) is 42.0 Å². The van der Waals surface area contributed by atoms with Crippen molar-refractivity contribution in [2.45, 2.75) is 0 Å². The molecule has 3 rings (SSSR count). The third kappa shape index (κ3) is 5.21. The van der Waals surface area contributed by atoms with E-state index < -0.39 is 24.3 Å². The summed E-state index contributed by atoms with van der Waals surface area (Å²) in [4.78, 5) is 23.5. The Hall–Kier alpha value is -3.06. The molecular formula is C19H15ClFNO5. The number of fused-ring (bicyclic) bond motifs is 1. The lowest BCUT2D eigenvalue weighted by atomic mass is 10.2. The lowest BCUT2D eigenvalue weighted by Crippen LogP contribution is -2.20. The fourth-order valence-electron chi connectivity index (χ4n) is 2.29. The predicted molar refractivity (Wildman–Crippen MR) is 97.5 cm³/mol. The van der Waals surface area contributed by atoms with Crippen molar-refractivity contribution in [3.63, 3.8) is 0 Å². The zero-order chi connectivity index (χ0) is 19.2. The molecule has 0 saturated carbocycles. The summed E-state index contributed by atoms with van der Waals surface area (Å²) >= 11 is 5.81. The highest BCUT2D eigenvalue weighted by Crippen LogP contribution is 2.31. The van der Waals surface area contributed by atoms with Crippen molar-refractivity contribution < 1.29 is 28.2 Å². The largest absolute Gasteiger partial charge is 0.486 e. The molecule has 2 aromatic rings. The Balaban J connectivity index is 1.50. The summed E-state index contributed by atoms with van der Waals surface area (Å²) in [6.07, 6.45) is 2.74. The standard InChI is InChI=1S/C19H15ClFNO5/c20-14-10-13(21)3-4-15(14)22-18(23)11-27-19(24)6-2-12-1-5-16-17(9-12)26-8-7-25-16/h1-6,9-10H,7-8,11H2,(H,22,23)/b6-2+. The van der Waals surface area contributed by atoms with Crippen LogP contribution in [0.3, 0.4) is 0 Å². The molecule has 0 bridgehead atoms. The van der Waals surface area contributed by atoms with Crippen LogP contribution >= 0.6 is 11.6 Å². The monoisotopic (exact) mass is 391 g/mol. The van der Waals surface area contributed by atoms with Crippen LogP contribution in [0.5, 0.6) is 11.5 Å². The number of amides is 1. The SMILES string of the molecule is O=C(COC(=O)/C=C/c1ccc2c(c1)OCCO2)Nc1ccc(F)cc1Cl. The third-order valence-corrected chi connectivity index (χ3v) is 3.84. The summed E-state index contributed by atoms with van der Waals surface area (Å²) in [7, 11) is 0. The molecule has 27 heavy (non-hydrogen) atoms. The first-order valence-electron chi connectivity index (χ1n) is 8.00. The minimum atomic E-state index is -0.690. The number of benzene rings is 2. The van der Waals surface area contributed by atoms with Crippen LogP contribution in [0, 0.1) is 5.82 Å². The lowest BCUT2D eigenvalue weighted by molar-refractivity contribution is -0.142. The fraction of sp³-hybridized carbons (Fsp3) is 0.158. The fourth-order valence-corrected chi connectivity index (χ4v) is 2.50. The van der Waals surface area contributed by atoms with E-state index in [0.29, 0.717) is 24.7 Å². The van der Waals surface area contributed by atoms with E-state index in [2.05, 4.69) is 5.32 Å². The Kier molecular flexibility index (Phi) is 5.93. The Morgan fingerprint density at radius 3 is 2.70 bits per heavy atom. The molecule has 0 saturated heterocycles. The molecule has 0 fully saturated rings. The molecule has 1 heterocycles. The highest BCUT2D eigenvalue weighted by atomic mass is 35.5. The molecule has 2 aromatic carbocycles. The van der Waals surface area contributed by atoms with Crippen molar-refractivity contribution >= 4 is 35.2 Å². The second kappa shape index (κ2) is 8.55. The maximum absolute atomic E-state index is 13.0. The second-order valence-electron chi connectivity index (χ2n) is 5.52. The van der Waals surface area contributed by atoms with Gasteiger partial charge in [0.25, 0.3) is 5.91 Å². The van der Waals surface area contributed by atoms with E-state index in [0.717, 1.165) is 17.7 Å². The van der Waals surface area contributed by atoms with Crippen LogP contribution in [0.25, 0.3) is 6.08 Å². The van der Waals surface area contributed by atoms with Gasteiger partial charge >= 0.3 is 5.97 Å². The second-order valence-corrected chi connectivity index (χ2v) is 5.92. The number of anilines is 1. The van der Waals surface area contributed by atoms with E-state index in [1.165, 1.54) is 18.2 Å². The smallest absolute Gasteiger partial charge is 0.331 e. The van der Waals surface area contributed by atoms with Crippen LogP contribution in [-0.2, 0) is 14.3 Å². The van der Waals surface area contributed by atoms with Crippen molar-refractivity contribution in [3.05, 3.63) is 58.9 Å². The number of ether oxygens (including phenoxy) is 3. The van der Waals surface area contributed by atoms with E-state index in [4.69, 9.17) is 25.8 Å². The minimum absolute atomic E-state index is 0.0492. The molecular weight excluding hydrogens is 377 g/mol. The number of halogens is 2. The zero-order valence-corrected chi connectivity index (χ0v) is 14.8. The van der Waals surface area contributed by atoms with E-state index >= 15 is 0 Å². The van der Waals surface area contributed by atoms with E-state index in [9.17, 15) is 14.0 Å². The highest BCUT2D eigenvalue weighted by Gasteiger charge is 2.11. The average molecular weight is 392 g/mol. The molecule has 0 spiro atoms. The molecule has 1 aliphatic rings. The first-order chi connectivity index (χ1) is 13.0. The summed E-state index contributed by atoms with van der Waals surface area (Å²) in [5, 5.41) is 2.48. The van der Waals surface area contributed by atoms with Gasteiger partial charge in [-0.1, -0.05) is 17.7 Å². The van der Waals surface area contributed by atoms with Gasteiger partial charge in [0, 0.05) is 6.08 Å². The summed E-state index contributed by atoms with van der Waals surface area (Å²) in [6, 6.07) is 8.80. The molecule has 6 nitrogen and oxygen atoms in total. The van der Waals surface area contributed by atoms with Crippen LogP contribution in [0.2, 0.25) is 5.02 Å². The molecule has 0 radical (unpaired) electrons. The number of esters is 1. The zero-order valence-electron chi connectivity index (χ0n) is 14.0. The van der Waals surface area contributed by atoms with Crippen molar-refractivity contribution in [1.29, 1.82) is 0 Å². The number of nitrogens with one attached hydrogen (secondary N) is 1. The number of hydrogen-bond donors (Lipinski definition) is 1. The molecule has 1 aliphatic heterocycles. The van der Waals surface area contributed by atoms with Gasteiger partial charge in [-0.2, -0.15) is 0 Å². The van der Waals surface area contributed by atoms with Gasteiger partial charge in [0.1, 0.15) is 19.0 Å². The average Bonchev–Trinajstić information content (AvgIpc) is 2.67. The molecule has 0 unspecified atom stereocenters. The van der Waals surface area contributed by atoms with Crippen LogP contribution in [0.15, 0.2) is 42.5 Å². The molecule has 0 atom stereocenters. The number of carbonyl (C=O) groups is 2. The van der Waals surface area contributed by atoms with E-state index in [1.807, 2.05) is 0 Å². The van der Waals surface area contributed by atoms with Crippen molar-refractivity contribution in [3.8, 4) is 11.5 Å². The van der Waals surface area contributed by atoms with Gasteiger partial charge in [0.2, 0.25) is 0 Å². The van der Waals surface area contributed by atoms with Gasteiger partial charge in [-0.3, -0.25) is 4.79 Å². The normalized spacial score (nSPS) is 12.7. The first kappa shape index (κ1) is 18.7. The summed E-state index contributed by atoms with van der Waals surface area (Å²) in [5.74, 6) is -0.548. The first-order valence-corrected chi connectivity index (χ1v) is 8.38. The van der Waals surface area contributed by atoms with Gasteiger partial charge in [0.05, 0.1) is 10.7 Å². The summed E-state index contributed by atoms with van der Waals surface area (Å²) < 4.78 is 28.7. The number of carbonyl (C=O) groups excluding carboxylic acids is 2. The number of hydrogen-bond acceptors (Lipinski definition) is 5. The van der Waals surface area contributed by atoms with E-state index in [1.54, 1.807) is 18.2 Å². The molecule has 0 aromatic heterocycles. The summed E-state index contributed by atoms with van der Waals surface area (Å²) in [5.41, 5.74) is 0.949. The van der Waals surface area contributed by atoms with Crippen molar-refractivity contribution in [2.24, 2.45) is 0 Å². The van der Waals surface area contributed by atoms with Crippen molar-refractivity contribution in [2.75, 3.05) is 25.1 Å². The maximum Gasteiger partial charge on any atom is 0.331 e. The summed E-state index contributed by atoms with van der Waals surface area (Å²) in [6.45, 7) is 0.465. The molecule has 8 heteroatoms. The molecule has 1 N–H and O–H groups in total. The molecule has 140 valence electrons. The third-order valence-electron chi connectivity index (χ3n) is 3.53. The van der Waals surface area contributed by atoms with Crippen molar-refractivity contribution in [1.82, 2.24) is 0 Å². The molecule has 0 aliphatic carbocycles. The Morgan fingerprint density at radius 1 is 1.15 bits per heavy atom. The van der Waals surface area contributed by atoms with Crippen LogP contribution in [0.4, 0.5) is 10.1 Å². The maximum atomic E-state index is 13.0. The lowest BCUT2D eigenvalue weighted by Gasteiger charge is -2.18. The topological polar surface area (TPSA) is 73.9 Å². The Bertz CT molecular complexity index is 900. The van der Waals surface area contributed by atoms with Gasteiger partial charge in [-0.15, -0.1) is 0 Å². The van der Waals surface area contributed by atoms with Gasteiger partial charge in [0.15, 0.2) is 18.1 Å². The van der Waals surface area contributed by atoms with Crippen LogP contribution < -0.4 is 14.8 Å². The quantitative estimate of drug-likeness (QED) is 0.624. The van der Waals surface area contributed by atoms with Crippen LogP contribution in [-0.4, -0.2) is 31.7 Å². The Labute approximate surface area is 159 Å². The van der Waals surface area contributed by atoms with Gasteiger partial charge in [-0.25, -0.2) is 9.18 Å². The predicted octanol–water partition coefficient (Wildman–Crippen LogP) is 3.45. The highest BCUT2D eigenvalue weighted by molar-refractivity contribution is 6.33. The van der Waals surface area contributed by atoms with Gasteiger partial charge < -0.3 is 19.5 Å². The van der Waals surface area contributed by atoms with Crippen LogP contribution in [0.1, 0.15) is 5.56 Å². The number of rotatable bonds is 5. The molecule has 1 amide bonds. The Morgan fingerprint density at radius 2 is 1.93 bits per heavy atom. The van der Waals surface area contributed by atoms with E-state index in [-0.39, 0.29) is 10.7 Å². The minimum Gasteiger partial charge on any atom is -0.486 e.